The summed E-state index contributed by atoms with van der Waals surface area (Å²) < 4.78 is 4.72. The number of carbonyl (C=O) groups is 2. The Balaban J connectivity index is 2.17. The van der Waals surface area contributed by atoms with Crippen molar-refractivity contribution in [2.75, 3.05) is 7.11 Å². The molecule has 0 fully saturated rings. The molecule has 5 nitrogen and oxygen atoms in total. The summed E-state index contributed by atoms with van der Waals surface area (Å²) in [7, 11) is 1.31. The fourth-order valence-electron chi connectivity index (χ4n) is 2.26. The number of ether oxygens (including phenoxy) is 1. The second-order valence-corrected chi connectivity index (χ2v) is 5.92. The van der Waals surface area contributed by atoms with Crippen LogP contribution in [0.25, 0.3) is 10.9 Å². The van der Waals surface area contributed by atoms with E-state index in [0.29, 0.717) is 21.3 Å². The minimum atomic E-state index is -0.422. The molecule has 0 aliphatic rings. The Morgan fingerprint density at radius 3 is 2.91 bits per heavy atom. The van der Waals surface area contributed by atoms with E-state index >= 15 is 0 Å². The van der Waals surface area contributed by atoms with Crippen LogP contribution >= 0.6 is 22.9 Å². The van der Waals surface area contributed by atoms with Gasteiger partial charge >= 0.3 is 5.97 Å². The van der Waals surface area contributed by atoms with Crippen LogP contribution in [-0.2, 0) is 16.0 Å². The van der Waals surface area contributed by atoms with Crippen molar-refractivity contribution in [3.05, 3.63) is 51.1 Å². The predicted molar refractivity (Wildman–Crippen MR) is 84.6 cm³/mol. The van der Waals surface area contributed by atoms with Crippen molar-refractivity contribution in [3.63, 3.8) is 0 Å². The molecule has 1 N–H and O–H groups in total. The topological polar surface area (TPSA) is 72.1 Å². The van der Waals surface area contributed by atoms with E-state index in [9.17, 15) is 9.59 Å². The molecule has 2 aromatic heterocycles. The highest BCUT2D eigenvalue weighted by molar-refractivity contribution is 7.11. The molecule has 0 spiro atoms. The zero-order chi connectivity index (χ0) is 15.7. The third-order valence-electron chi connectivity index (χ3n) is 3.27. The van der Waals surface area contributed by atoms with Gasteiger partial charge in [-0.15, -0.1) is 11.3 Å². The summed E-state index contributed by atoms with van der Waals surface area (Å²) in [6.45, 7) is 0. The number of thiazole rings is 1. The van der Waals surface area contributed by atoms with Gasteiger partial charge in [-0.05, 0) is 18.2 Å². The van der Waals surface area contributed by atoms with Crippen molar-refractivity contribution in [1.82, 2.24) is 9.97 Å². The number of methoxy groups -OCH3 is 1. The molecule has 0 saturated carbocycles. The fraction of sp³-hybridized carbons (Fsp3) is 0.133. The van der Waals surface area contributed by atoms with Gasteiger partial charge in [-0.2, -0.15) is 0 Å². The van der Waals surface area contributed by atoms with E-state index in [1.54, 1.807) is 29.8 Å². The van der Waals surface area contributed by atoms with Crippen LogP contribution in [-0.4, -0.2) is 28.8 Å². The lowest BCUT2D eigenvalue weighted by Gasteiger charge is -2.02. The van der Waals surface area contributed by atoms with Gasteiger partial charge in [0.15, 0.2) is 5.01 Å². The molecule has 1 aromatic carbocycles. The number of benzene rings is 1. The number of hydrogen-bond donors (Lipinski definition) is 1. The van der Waals surface area contributed by atoms with Crippen molar-refractivity contribution in [2.45, 2.75) is 6.42 Å². The van der Waals surface area contributed by atoms with E-state index < -0.39 is 5.97 Å². The van der Waals surface area contributed by atoms with Crippen LogP contribution in [0.2, 0.25) is 5.02 Å². The molecule has 7 heteroatoms. The van der Waals surface area contributed by atoms with Crippen LogP contribution in [0, 0.1) is 0 Å². The number of fused-ring (bicyclic) bond motifs is 1. The van der Waals surface area contributed by atoms with E-state index in [4.69, 9.17) is 16.3 Å². The molecule has 0 bridgehead atoms. The molecule has 0 unspecified atom stereocenters. The number of hydrogen-bond acceptors (Lipinski definition) is 5. The van der Waals surface area contributed by atoms with Gasteiger partial charge in [0, 0.05) is 33.1 Å². The van der Waals surface area contributed by atoms with Crippen LogP contribution in [0.1, 0.15) is 21.1 Å². The monoisotopic (exact) mass is 334 g/mol. The smallest absolute Gasteiger partial charge is 0.310 e. The number of aromatic nitrogens is 2. The Morgan fingerprint density at radius 1 is 1.41 bits per heavy atom. The summed E-state index contributed by atoms with van der Waals surface area (Å²) in [5, 5.41) is 3.36. The quantitative estimate of drug-likeness (QED) is 0.587. The highest BCUT2D eigenvalue weighted by Crippen LogP contribution is 2.28. The van der Waals surface area contributed by atoms with E-state index in [0.717, 1.165) is 10.9 Å². The lowest BCUT2D eigenvalue weighted by Crippen LogP contribution is -2.10. The molecule has 112 valence electrons. The molecule has 3 aromatic rings. The van der Waals surface area contributed by atoms with Crippen molar-refractivity contribution in [1.29, 1.82) is 0 Å². The first-order valence-electron chi connectivity index (χ1n) is 6.41. The maximum Gasteiger partial charge on any atom is 0.310 e. The molecule has 22 heavy (non-hydrogen) atoms. The average Bonchev–Trinajstić information content (AvgIpc) is 3.15. The summed E-state index contributed by atoms with van der Waals surface area (Å²) in [4.78, 5) is 31.3. The van der Waals surface area contributed by atoms with E-state index in [1.165, 1.54) is 18.4 Å². The second-order valence-electron chi connectivity index (χ2n) is 4.59. The Bertz CT molecular complexity index is 855. The van der Waals surface area contributed by atoms with Crippen LogP contribution < -0.4 is 0 Å². The lowest BCUT2D eigenvalue weighted by molar-refractivity contribution is -0.139. The first kappa shape index (κ1) is 14.7. The summed E-state index contributed by atoms with van der Waals surface area (Å²) in [6.07, 6.45) is 1.56. The van der Waals surface area contributed by atoms with Crippen molar-refractivity contribution in [3.8, 4) is 0 Å². The first-order valence-corrected chi connectivity index (χ1v) is 7.67. The molecule has 3 rings (SSSR count). The minimum Gasteiger partial charge on any atom is -0.469 e. The lowest BCUT2D eigenvalue weighted by atomic mass is 10.1. The van der Waals surface area contributed by atoms with E-state index in [-0.39, 0.29) is 12.2 Å². The van der Waals surface area contributed by atoms with Crippen LogP contribution in [0.3, 0.4) is 0 Å². The normalized spacial score (nSPS) is 10.8. The van der Waals surface area contributed by atoms with Gasteiger partial charge in [-0.3, -0.25) is 9.59 Å². The molecule has 0 saturated heterocycles. The zero-order valence-electron chi connectivity index (χ0n) is 11.6. The Morgan fingerprint density at radius 2 is 2.23 bits per heavy atom. The van der Waals surface area contributed by atoms with Gasteiger partial charge < -0.3 is 9.72 Å². The molecular formula is C15H11ClN2O3S. The number of nitrogens with one attached hydrogen (secondary N) is 1. The number of aromatic amines is 1. The number of nitrogens with zero attached hydrogens (tertiary/aromatic N) is 1. The highest BCUT2D eigenvalue weighted by atomic mass is 35.5. The molecule has 0 radical (unpaired) electrons. The van der Waals surface area contributed by atoms with E-state index in [2.05, 4.69) is 9.97 Å². The van der Waals surface area contributed by atoms with Gasteiger partial charge in [0.2, 0.25) is 5.78 Å². The average molecular weight is 335 g/mol. The van der Waals surface area contributed by atoms with Crippen LogP contribution in [0.5, 0.6) is 0 Å². The van der Waals surface area contributed by atoms with E-state index in [1.807, 2.05) is 0 Å². The summed E-state index contributed by atoms with van der Waals surface area (Å²) in [5.41, 5.74) is 1.66. The minimum absolute atomic E-state index is 0.0106. The van der Waals surface area contributed by atoms with Crippen molar-refractivity contribution < 1.29 is 14.3 Å². The van der Waals surface area contributed by atoms with Gasteiger partial charge in [-0.1, -0.05) is 11.6 Å². The maximum atomic E-state index is 12.6. The fourth-order valence-corrected chi connectivity index (χ4v) is 3.01. The molecule has 0 aliphatic heterocycles. The molecule has 2 heterocycles. The largest absolute Gasteiger partial charge is 0.469 e. The Hall–Kier alpha value is -2.18. The molecular weight excluding hydrogens is 324 g/mol. The van der Waals surface area contributed by atoms with Gasteiger partial charge in [0.1, 0.15) is 0 Å². The van der Waals surface area contributed by atoms with Gasteiger partial charge in [0.05, 0.1) is 19.2 Å². The highest BCUT2D eigenvalue weighted by Gasteiger charge is 2.22. The van der Waals surface area contributed by atoms with Crippen molar-refractivity contribution >= 4 is 45.6 Å². The summed E-state index contributed by atoms with van der Waals surface area (Å²) in [5.74, 6) is -0.671. The third-order valence-corrected chi connectivity index (χ3v) is 4.28. The number of esters is 1. The zero-order valence-corrected chi connectivity index (χ0v) is 13.1. The number of rotatable bonds is 4. The molecule has 0 aliphatic carbocycles. The third kappa shape index (κ3) is 2.63. The van der Waals surface area contributed by atoms with Crippen LogP contribution in [0.4, 0.5) is 0 Å². The first-order chi connectivity index (χ1) is 10.6. The maximum absolute atomic E-state index is 12.6. The standard InChI is InChI=1S/C15H11ClN2O3S/c1-21-12(19)7-10-9-6-8(16)2-3-11(9)18-13(10)14(20)15-17-4-5-22-15/h2-6,18H,7H2,1H3. The number of H-pyrrole nitrogens is 1. The van der Waals surface area contributed by atoms with Gasteiger partial charge in [0.25, 0.3) is 0 Å². The number of ketones is 1. The van der Waals surface area contributed by atoms with Gasteiger partial charge in [-0.25, -0.2) is 4.98 Å². The van der Waals surface area contributed by atoms with Crippen LogP contribution in [0.15, 0.2) is 29.8 Å². The number of carbonyl (C=O) groups excluding carboxylic acids is 2. The number of halogens is 1. The Labute approximate surface area is 134 Å². The summed E-state index contributed by atoms with van der Waals surface area (Å²) in [6, 6.07) is 5.22. The Kier molecular flexibility index (Phi) is 3.96. The second kappa shape index (κ2) is 5.90. The molecule has 0 amide bonds. The van der Waals surface area contributed by atoms with Crippen molar-refractivity contribution in [2.24, 2.45) is 0 Å². The summed E-state index contributed by atoms with van der Waals surface area (Å²) >= 11 is 7.27. The SMILES string of the molecule is COC(=O)Cc1c(C(=O)c2nccs2)[nH]c2ccc(Cl)cc12. The molecule has 0 atom stereocenters. The predicted octanol–water partition coefficient (Wildman–Crippen LogP) is 3.22.